The van der Waals surface area contributed by atoms with Gasteiger partial charge in [0.1, 0.15) is 5.82 Å². The molecule has 0 radical (unpaired) electrons. The van der Waals surface area contributed by atoms with E-state index in [0.29, 0.717) is 27.8 Å². The van der Waals surface area contributed by atoms with E-state index in [1.807, 2.05) is 42.6 Å². The highest BCUT2D eigenvalue weighted by molar-refractivity contribution is 8.00. The van der Waals surface area contributed by atoms with E-state index in [1.54, 1.807) is 18.2 Å². The highest BCUT2D eigenvalue weighted by Gasteiger charge is 2.20. The van der Waals surface area contributed by atoms with Gasteiger partial charge in [0.15, 0.2) is 5.13 Å². The molecule has 0 aliphatic carbocycles. The molecule has 1 atom stereocenters. The average Bonchev–Trinajstić information content (AvgIpc) is 3.32. The molecule has 3 aromatic carbocycles. The summed E-state index contributed by atoms with van der Waals surface area (Å²) in [6.45, 7) is 1.94. The van der Waals surface area contributed by atoms with Crippen molar-refractivity contribution in [2.75, 3.05) is 10.6 Å². The molecule has 35 heavy (non-hydrogen) atoms. The number of thioether (sulfide) groups is 1. The van der Waals surface area contributed by atoms with Crippen LogP contribution >= 0.6 is 34.7 Å². The predicted molar refractivity (Wildman–Crippen MR) is 142 cm³/mol. The van der Waals surface area contributed by atoms with E-state index < -0.39 is 5.82 Å². The van der Waals surface area contributed by atoms with Gasteiger partial charge in [-0.25, -0.2) is 9.37 Å². The van der Waals surface area contributed by atoms with E-state index in [9.17, 15) is 14.0 Å². The van der Waals surface area contributed by atoms with Gasteiger partial charge in [-0.15, -0.1) is 23.1 Å². The molecule has 178 valence electrons. The summed E-state index contributed by atoms with van der Waals surface area (Å²) >= 11 is 8.72. The fourth-order valence-electron chi connectivity index (χ4n) is 3.21. The zero-order valence-electron chi connectivity index (χ0n) is 18.6. The van der Waals surface area contributed by atoms with Crippen LogP contribution in [0, 0.1) is 5.82 Å². The monoisotopic (exact) mass is 525 g/mol. The topological polar surface area (TPSA) is 71.1 Å². The number of carbonyl (C=O) groups excluding carboxylic acids is 2. The second kappa shape index (κ2) is 11.5. The second-order valence-corrected chi connectivity index (χ2v) is 10.1. The lowest BCUT2D eigenvalue weighted by molar-refractivity contribution is -0.115. The molecular weight excluding hydrogens is 505 g/mol. The molecule has 0 saturated heterocycles. The number of nitrogens with zero attached hydrogens (tertiary/aromatic N) is 1. The third kappa shape index (κ3) is 6.69. The van der Waals surface area contributed by atoms with Crippen molar-refractivity contribution >= 4 is 57.3 Å². The molecule has 1 heterocycles. The number of amides is 2. The number of benzene rings is 3. The van der Waals surface area contributed by atoms with Crippen LogP contribution in [-0.2, 0) is 4.79 Å². The molecule has 0 spiro atoms. The molecule has 0 fully saturated rings. The molecule has 0 aliphatic rings. The first-order chi connectivity index (χ1) is 16.9. The lowest BCUT2D eigenvalue weighted by atomic mass is 10.2. The number of halogens is 2. The Morgan fingerprint density at radius 1 is 1.06 bits per heavy atom. The summed E-state index contributed by atoms with van der Waals surface area (Å²) in [6, 6.07) is 20.0. The number of hydrogen-bond donors (Lipinski definition) is 2. The van der Waals surface area contributed by atoms with E-state index in [-0.39, 0.29) is 17.1 Å². The number of carbonyl (C=O) groups is 2. The van der Waals surface area contributed by atoms with Crippen molar-refractivity contribution in [1.82, 2.24) is 4.98 Å². The largest absolute Gasteiger partial charge is 0.322 e. The molecule has 9 heteroatoms. The number of anilines is 2. The van der Waals surface area contributed by atoms with Crippen LogP contribution in [-0.4, -0.2) is 22.0 Å². The minimum Gasteiger partial charge on any atom is -0.322 e. The van der Waals surface area contributed by atoms with Crippen molar-refractivity contribution in [3.63, 3.8) is 0 Å². The maximum Gasteiger partial charge on any atom is 0.255 e. The summed E-state index contributed by atoms with van der Waals surface area (Å²) in [7, 11) is 0. The van der Waals surface area contributed by atoms with Crippen LogP contribution in [0.15, 0.2) is 83.1 Å². The Morgan fingerprint density at radius 3 is 2.51 bits per heavy atom. The normalized spacial score (nSPS) is 11.6. The van der Waals surface area contributed by atoms with Gasteiger partial charge in [-0.1, -0.05) is 36.7 Å². The SMILES string of the molecule is CCC(Sc1cccc(NC(=O)c2ccc(F)cc2)c1)C(=O)Nc1nc(-c2ccc(Cl)cc2)cs1. The Balaban J connectivity index is 1.39. The van der Waals surface area contributed by atoms with Crippen molar-refractivity contribution in [3.8, 4) is 11.3 Å². The summed E-state index contributed by atoms with van der Waals surface area (Å²) in [5.74, 6) is -0.879. The highest BCUT2D eigenvalue weighted by Crippen LogP contribution is 2.30. The minimum absolute atomic E-state index is 0.143. The van der Waals surface area contributed by atoms with E-state index >= 15 is 0 Å². The lowest BCUT2D eigenvalue weighted by Gasteiger charge is -2.14. The molecule has 5 nitrogen and oxygen atoms in total. The molecule has 4 rings (SSSR count). The van der Waals surface area contributed by atoms with Crippen LogP contribution < -0.4 is 10.6 Å². The first-order valence-electron chi connectivity index (χ1n) is 10.8. The van der Waals surface area contributed by atoms with Gasteiger partial charge < -0.3 is 10.6 Å². The van der Waals surface area contributed by atoms with Crippen LogP contribution in [0.25, 0.3) is 11.3 Å². The zero-order chi connectivity index (χ0) is 24.8. The number of thiazole rings is 1. The van der Waals surface area contributed by atoms with Crippen LogP contribution in [0.3, 0.4) is 0 Å². The van der Waals surface area contributed by atoms with Gasteiger partial charge in [0, 0.05) is 32.1 Å². The number of nitrogens with one attached hydrogen (secondary N) is 2. The lowest BCUT2D eigenvalue weighted by Crippen LogP contribution is -2.24. The fourth-order valence-corrected chi connectivity index (χ4v) is 5.07. The van der Waals surface area contributed by atoms with Crippen LogP contribution in [0.1, 0.15) is 23.7 Å². The van der Waals surface area contributed by atoms with Gasteiger partial charge >= 0.3 is 0 Å². The summed E-state index contributed by atoms with van der Waals surface area (Å²) < 4.78 is 13.1. The Bertz CT molecular complexity index is 1330. The smallest absolute Gasteiger partial charge is 0.255 e. The van der Waals surface area contributed by atoms with E-state index in [4.69, 9.17) is 11.6 Å². The molecule has 0 bridgehead atoms. The molecule has 1 unspecified atom stereocenters. The summed E-state index contributed by atoms with van der Waals surface area (Å²) in [5.41, 5.74) is 2.64. The van der Waals surface area contributed by atoms with Gasteiger partial charge in [-0.2, -0.15) is 0 Å². The molecule has 0 aliphatic heterocycles. The van der Waals surface area contributed by atoms with Gasteiger partial charge in [-0.3, -0.25) is 9.59 Å². The third-order valence-corrected chi connectivity index (χ3v) is 7.38. The molecule has 4 aromatic rings. The molecule has 2 amide bonds. The molecule has 0 saturated carbocycles. The first-order valence-corrected chi connectivity index (χ1v) is 12.9. The molecular formula is C26H21ClFN3O2S2. The van der Waals surface area contributed by atoms with Crippen molar-refractivity contribution in [2.45, 2.75) is 23.5 Å². The zero-order valence-corrected chi connectivity index (χ0v) is 21.0. The van der Waals surface area contributed by atoms with Crippen LogP contribution in [0.5, 0.6) is 0 Å². The molecule has 1 aromatic heterocycles. The van der Waals surface area contributed by atoms with Gasteiger partial charge in [-0.05, 0) is 61.0 Å². The Hall–Kier alpha value is -3.20. The Kier molecular flexibility index (Phi) is 8.17. The van der Waals surface area contributed by atoms with E-state index in [1.165, 1.54) is 47.4 Å². The standard InChI is InChI=1S/C26H21ClFN3O2S2/c1-2-23(25(33)31-26-30-22(15-34-26)16-6-10-18(27)11-7-16)35-21-5-3-4-20(14-21)29-24(32)17-8-12-19(28)13-9-17/h3-15,23H,2H2,1H3,(H,29,32)(H,30,31,33). The van der Waals surface area contributed by atoms with Crippen molar-refractivity contribution in [1.29, 1.82) is 0 Å². The minimum atomic E-state index is -0.400. The quantitative estimate of drug-likeness (QED) is 0.236. The highest BCUT2D eigenvalue weighted by atomic mass is 35.5. The van der Waals surface area contributed by atoms with Crippen LogP contribution in [0.2, 0.25) is 5.02 Å². The van der Waals surface area contributed by atoms with Crippen molar-refractivity contribution in [2.24, 2.45) is 0 Å². The Labute approximate surface area is 215 Å². The molecule has 2 N–H and O–H groups in total. The first kappa shape index (κ1) is 24.9. The van der Waals surface area contributed by atoms with E-state index in [0.717, 1.165) is 16.2 Å². The maximum absolute atomic E-state index is 13.1. The van der Waals surface area contributed by atoms with Gasteiger partial charge in [0.2, 0.25) is 5.91 Å². The Morgan fingerprint density at radius 2 is 1.80 bits per heavy atom. The van der Waals surface area contributed by atoms with Crippen molar-refractivity contribution < 1.29 is 14.0 Å². The maximum atomic E-state index is 13.1. The summed E-state index contributed by atoms with van der Waals surface area (Å²) in [4.78, 5) is 30.7. The summed E-state index contributed by atoms with van der Waals surface area (Å²) in [6.07, 6.45) is 0.609. The number of hydrogen-bond acceptors (Lipinski definition) is 5. The average molecular weight is 526 g/mol. The second-order valence-electron chi connectivity index (χ2n) is 7.54. The number of rotatable bonds is 8. The van der Waals surface area contributed by atoms with Gasteiger partial charge in [0.05, 0.1) is 10.9 Å². The third-order valence-electron chi connectivity index (χ3n) is 5.01. The van der Waals surface area contributed by atoms with Crippen molar-refractivity contribution in [3.05, 3.63) is 94.6 Å². The fraction of sp³-hybridized carbons (Fsp3) is 0.115. The van der Waals surface area contributed by atoms with E-state index in [2.05, 4.69) is 15.6 Å². The van der Waals surface area contributed by atoms with Crippen LogP contribution in [0.4, 0.5) is 15.2 Å². The number of aromatic nitrogens is 1. The predicted octanol–water partition coefficient (Wildman–Crippen LogP) is 7.36. The van der Waals surface area contributed by atoms with Gasteiger partial charge in [0.25, 0.3) is 5.91 Å². The summed E-state index contributed by atoms with van der Waals surface area (Å²) in [5, 5.41) is 8.44.